The van der Waals surface area contributed by atoms with Crippen LogP contribution in [0.1, 0.15) is 16.8 Å². The number of amides is 1. The third kappa shape index (κ3) is 5.75. The second-order valence-corrected chi connectivity index (χ2v) is 9.37. The quantitative estimate of drug-likeness (QED) is 0.239. The minimum Gasteiger partial charge on any atom is -0.457 e. The van der Waals surface area contributed by atoms with Crippen LogP contribution < -0.4 is 11.1 Å². The van der Waals surface area contributed by atoms with Crippen molar-refractivity contribution in [1.29, 1.82) is 0 Å². The molecule has 1 unspecified atom stereocenters. The van der Waals surface area contributed by atoms with Crippen LogP contribution in [0.3, 0.4) is 0 Å². The van der Waals surface area contributed by atoms with Crippen LogP contribution in [0.25, 0.3) is 10.1 Å². The first-order chi connectivity index (χ1) is 17.4. The molecule has 0 saturated heterocycles. The van der Waals surface area contributed by atoms with E-state index in [1.165, 1.54) is 11.3 Å². The number of fused-ring (bicyclic) bond motifs is 1. The van der Waals surface area contributed by atoms with Gasteiger partial charge in [-0.15, -0.1) is 21.5 Å². The number of aromatic nitrogens is 1. The zero-order chi connectivity index (χ0) is 25.5. The number of anilines is 1. The van der Waals surface area contributed by atoms with E-state index >= 15 is 0 Å². The molecule has 1 aliphatic rings. The molecule has 2 heterocycles. The highest BCUT2D eigenvalue weighted by Gasteiger charge is 2.42. The van der Waals surface area contributed by atoms with Crippen molar-refractivity contribution in [3.63, 3.8) is 0 Å². The number of nitrogens with zero attached hydrogens (tertiary/aromatic N) is 2. The number of esters is 1. The van der Waals surface area contributed by atoms with E-state index in [-0.39, 0.29) is 32.1 Å². The monoisotopic (exact) mass is 508 g/mol. The lowest BCUT2D eigenvalue weighted by Gasteiger charge is -2.37. The minimum absolute atomic E-state index is 0.0196. The number of allylic oxidation sites excluding steroid dienone is 1. The molecule has 3 N–H and O–H groups in total. The predicted molar refractivity (Wildman–Crippen MR) is 135 cm³/mol. The van der Waals surface area contributed by atoms with Crippen LogP contribution in [-0.2, 0) is 14.4 Å². The van der Waals surface area contributed by atoms with Crippen molar-refractivity contribution in [3.8, 4) is 0 Å². The Morgan fingerprint density at radius 2 is 2.08 bits per heavy atom. The summed E-state index contributed by atoms with van der Waals surface area (Å²) in [5.74, 6) is -1.65. The number of ether oxygens (including phenoxy) is 1. The van der Waals surface area contributed by atoms with Gasteiger partial charge in [0.05, 0.1) is 21.2 Å². The van der Waals surface area contributed by atoms with E-state index in [1.807, 2.05) is 12.1 Å². The van der Waals surface area contributed by atoms with Crippen molar-refractivity contribution < 1.29 is 24.3 Å². The summed E-state index contributed by atoms with van der Waals surface area (Å²) < 4.78 is 6.29. The van der Waals surface area contributed by atoms with Crippen LogP contribution in [0, 0.1) is 21.4 Å². The molecule has 1 aromatic carbocycles. The Bertz CT molecular complexity index is 1290. The maximum absolute atomic E-state index is 13.3. The van der Waals surface area contributed by atoms with Gasteiger partial charge in [0.1, 0.15) is 13.2 Å². The van der Waals surface area contributed by atoms with Gasteiger partial charge < -0.3 is 20.6 Å². The summed E-state index contributed by atoms with van der Waals surface area (Å²) in [5, 5.41) is 14.5. The number of nitrogens with one attached hydrogen (secondary N) is 1. The van der Waals surface area contributed by atoms with E-state index in [0.717, 1.165) is 10.1 Å². The molecular weight excluding hydrogens is 484 g/mol. The largest absolute Gasteiger partial charge is 0.457 e. The number of carbonyl (C=O) groups is 2. The van der Waals surface area contributed by atoms with Crippen molar-refractivity contribution in [2.24, 2.45) is 17.1 Å². The van der Waals surface area contributed by atoms with Gasteiger partial charge in [0.2, 0.25) is 5.91 Å². The molecule has 3 aromatic rings. The number of hydrogen-bond acceptors (Lipinski definition) is 9. The summed E-state index contributed by atoms with van der Waals surface area (Å²) in [4.78, 5) is 45.3. The molecule has 11 heteroatoms. The van der Waals surface area contributed by atoms with Crippen LogP contribution in [-0.4, -0.2) is 41.7 Å². The summed E-state index contributed by atoms with van der Waals surface area (Å²) >= 11 is 1.37. The SMILES string of the molecule is NCC(C(=O)Nc1cc2ccncc2s1)[C@@]1(CO[N+](=O)[O-])C=CC(COC(=O)c2ccccc2)=CC1. The van der Waals surface area contributed by atoms with E-state index in [9.17, 15) is 19.7 Å². The fraction of sp³-hybridized carbons (Fsp3) is 0.240. The van der Waals surface area contributed by atoms with Gasteiger partial charge in [0.15, 0.2) is 0 Å². The summed E-state index contributed by atoms with van der Waals surface area (Å²) in [6, 6.07) is 12.3. The zero-order valence-electron chi connectivity index (χ0n) is 19.2. The molecule has 0 spiro atoms. The van der Waals surface area contributed by atoms with Gasteiger partial charge in [-0.3, -0.25) is 9.78 Å². The van der Waals surface area contributed by atoms with E-state index in [2.05, 4.69) is 10.3 Å². The predicted octanol–water partition coefficient (Wildman–Crippen LogP) is 3.75. The Labute approximate surface area is 210 Å². The molecule has 0 bridgehead atoms. The summed E-state index contributed by atoms with van der Waals surface area (Å²) in [7, 11) is 0. The molecule has 0 radical (unpaired) electrons. The van der Waals surface area contributed by atoms with Crippen molar-refractivity contribution >= 4 is 38.3 Å². The number of carbonyl (C=O) groups excluding carboxylic acids is 2. The standard InChI is InChI=1S/C25H24N4O6S/c26-13-20(23(30)28-22-12-19-8-11-27-14-21(19)36-22)25(16-35-29(32)33)9-6-17(7-10-25)15-34-24(31)18-4-2-1-3-5-18/h1-9,11-12,14,20H,10,13,15-16,26H2,(H,28,30)/t20?,25-/m0/s1. The lowest BCUT2D eigenvalue weighted by Crippen LogP contribution is -2.45. The molecular formula is C25H24N4O6S. The highest BCUT2D eigenvalue weighted by atomic mass is 32.1. The Hall–Kier alpha value is -4.09. The first-order valence-corrected chi connectivity index (χ1v) is 11.9. The second-order valence-electron chi connectivity index (χ2n) is 8.29. The van der Waals surface area contributed by atoms with Gasteiger partial charge in [-0.1, -0.05) is 36.4 Å². The van der Waals surface area contributed by atoms with Crippen LogP contribution in [0.2, 0.25) is 0 Å². The fourth-order valence-corrected chi connectivity index (χ4v) is 4.97. The van der Waals surface area contributed by atoms with Gasteiger partial charge in [-0.25, -0.2) is 4.79 Å². The lowest BCUT2D eigenvalue weighted by molar-refractivity contribution is -0.760. The Morgan fingerprint density at radius 3 is 2.75 bits per heavy atom. The van der Waals surface area contributed by atoms with E-state index < -0.39 is 22.4 Å². The van der Waals surface area contributed by atoms with Crippen molar-refractivity contribution in [1.82, 2.24) is 4.98 Å². The third-order valence-corrected chi connectivity index (χ3v) is 7.01. The van der Waals surface area contributed by atoms with E-state index in [0.29, 0.717) is 16.1 Å². The van der Waals surface area contributed by atoms with E-state index in [1.54, 1.807) is 61.0 Å². The van der Waals surface area contributed by atoms with Crippen LogP contribution in [0.5, 0.6) is 0 Å². The Morgan fingerprint density at radius 1 is 1.28 bits per heavy atom. The topological polar surface area (TPSA) is 147 Å². The molecule has 0 saturated carbocycles. The van der Waals surface area contributed by atoms with Crippen molar-refractivity contribution in [3.05, 3.63) is 94.3 Å². The van der Waals surface area contributed by atoms with Crippen LogP contribution in [0.4, 0.5) is 5.00 Å². The van der Waals surface area contributed by atoms with Crippen molar-refractivity contribution in [2.75, 3.05) is 25.1 Å². The minimum atomic E-state index is -1.06. The van der Waals surface area contributed by atoms with Crippen LogP contribution >= 0.6 is 11.3 Å². The van der Waals surface area contributed by atoms with Gasteiger partial charge in [0, 0.05) is 24.4 Å². The summed E-state index contributed by atoms with van der Waals surface area (Å²) in [5.41, 5.74) is 6.08. The molecule has 1 amide bonds. The number of thiophene rings is 1. The number of pyridine rings is 1. The van der Waals surface area contributed by atoms with Crippen molar-refractivity contribution in [2.45, 2.75) is 6.42 Å². The van der Waals surface area contributed by atoms with Gasteiger partial charge in [0.25, 0.3) is 5.09 Å². The molecule has 2 atom stereocenters. The molecule has 2 aromatic heterocycles. The second kappa shape index (κ2) is 11.1. The molecule has 4 rings (SSSR count). The summed E-state index contributed by atoms with van der Waals surface area (Å²) in [6.45, 7) is -0.392. The average molecular weight is 509 g/mol. The highest BCUT2D eigenvalue weighted by molar-refractivity contribution is 7.22. The zero-order valence-corrected chi connectivity index (χ0v) is 20.0. The highest BCUT2D eigenvalue weighted by Crippen LogP contribution is 2.39. The van der Waals surface area contributed by atoms with Gasteiger partial charge >= 0.3 is 5.97 Å². The lowest BCUT2D eigenvalue weighted by atomic mass is 9.70. The third-order valence-electron chi connectivity index (χ3n) is 6.01. The smallest absolute Gasteiger partial charge is 0.338 e. The number of hydrogen-bond donors (Lipinski definition) is 2. The molecule has 0 aliphatic heterocycles. The molecule has 186 valence electrons. The molecule has 0 fully saturated rings. The molecule has 10 nitrogen and oxygen atoms in total. The maximum atomic E-state index is 13.3. The van der Waals surface area contributed by atoms with E-state index in [4.69, 9.17) is 15.3 Å². The average Bonchev–Trinajstić information content (AvgIpc) is 3.30. The first-order valence-electron chi connectivity index (χ1n) is 11.1. The Balaban J connectivity index is 1.48. The first kappa shape index (κ1) is 25.0. The number of rotatable bonds is 10. The maximum Gasteiger partial charge on any atom is 0.338 e. The molecule has 36 heavy (non-hydrogen) atoms. The van der Waals surface area contributed by atoms with Crippen LogP contribution in [0.15, 0.2) is 78.7 Å². The number of benzene rings is 1. The normalized spacial score (nSPS) is 17.8. The Kier molecular flexibility index (Phi) is 7.71. The van der Waals surface area contributed by atoms with Gasteiger partial charge in [-0.05, 0) is 41.6 Å². The fourth-order valence-electron chi connectivity index (χ4n) is 4.04. The summed E-state index contributed by atoms with van der Waals surface area (Å²) in [6.07, 6.45) is 8.77. The number of nitrogens with two attached hydrogens (primary N) is 1. The molecule has 1 aliphatic carbocycles. The van der Waals surface area contributed by atoms with Gasteiger partial charge in [-0.2, -0.15) is 0 Å².